The molecule has 0 spiro atoms. The van der Waals surface area contributed by atoms with E-state index < -0.39 is 15.9 Å². The number of benzene rings is 2. The van der Waals surface area contributed by atoms with Gasteiger partial charge in [-0.2, -0.15) is 5.26 Å². The van der Waals surface area contributed by atoms with E-state index in [1.165, 1.54) is 7.05 Å². The Bertz CT molecular complexity index is 885. The second kappa shape index (κ2) is 6.50. The number of carbonyl (C=O) groups is 1. The Morgan fingerprint density at radius 1 is 1.17 bits per heavy atom. The second-order valence-corrected chi connectivity index (χ2v) is 6.91. The van der Waals surface area contributed by atoms with Gasteiger partial charge in [0.25, 0.3) is 5.91 Å². The minimum absolute atomic E-state index is 0.225. The molecule has 0 radical (unpaired) electrons. The van der Waals surface area contributed by atoms with Crippen LogP contribution in [0.15, 0.2) is 48.5 Å². The van der Waals surface area contributed by atoms with Crippen LogP contribution in [0, 0.1) is 11.3 Å². The lowest BCUT2D eigenvalue weighted by molar-refractivity contribution is 0.102. The van der Waals surface area contributed by atoms with Crippen LogP contribution in [0.2, 0.25) is 0 Å². The molecular formula is C16H15N3O3S. The fraction of sp³-hybridized carbons (Fsp3) is 0.125. The lowest BCUT2D eigenvalue weighted by Gasteiger charge is -2.19. The Hall–Kier alpha value is -2.85. The van der Waals surface area contributed by atoms with Gasteiger partial charge in [0.15, 0.2) is 0 Å². The lowest BCUT2D eigenvalue weighted by atomic mass is 10.1. The van der Waals surface area contributed by atoms with Gasteiger partial charge in [-0.3, -0.25) is 9.10 Å². The smallest absolute Gasteiger partial charge is 0.257 e. The Balaban J connectivity index is 2.35. The first-order chi connectivity index (χ1) is 10.8. The molecule has 2 aromatic rings. The molecule has 7 heteroatoms. The molecule has 0 aliphatic rings. The van der Waals surface area contributed by atoms with Crippen molar-refractivity contribution < 1.29 is 13.2 Å². The van der Waals surface area contributed by atoms with Crippen molar-refractivity contribution in [2.75, 3.05) is 22.9 Å². The highest BCUT2D eigenvalue weighted by molar-refractivity contribution is 7.92. The summed E-state index contributed by atoms with van der Waals surface area (Å²) >= 11 is 0. The molecule has 118 valence electrons. The topological polar surface area (TPSA) is 90.3 Å². The quantitative estimate of drug-likeness (QED) is 0.931. The average Bonchev–Trinajstić information content (AvgIpc) is 2.53. The Morgan fingerprint density at radius 3 is 2.52 bits per heavy atom. The van der Waals surface area contributed by atoms with Gasteiger partial charge in [-0.05, 0) is 30.3 Å². The summed E-state index contributed by atoms with van der Waals surface area (Å²) in [6, 6.07) is 14.9. The summed E-state index contributed by atoms with van der Waals surface area (Å²) in [5, 5.41) is 11.6. The molecule has 0 unspecified atom stereocenters. The maximum Gasteiger partial charge on any atom is 0.257 e. The fourth-order valence-electron chi connectivity index (χ4n) is 1.98. The number of rotatable bonds is 4. The summed E-state index contributed by atoms with van der Waals surface area (Å²) in [6.45, 7) is 0. The summed E-state index contributed by atoms with van der Waals surface area (Å²) in [5.41, 5.74) is 1.39. The Kier molecular flexibility index (Phi) is 4.67. The summed E-state index contributed by atoms with van der Waals surface area (Å²) in [4.78, 5) is 12.5. The number of nitrogens with zero attached hydrogens (tertiary/aromatic N) is 2. The first-order valence-electron chi connectivity index (χ1n) is 6.67. The first-order valence-corrected chi connectivity index (χ1v) is 8.52. The van der Waals surface area contributed by atoms with Crippen molar-refractivity contribution in [2.45, 2.75) is 0 Å². The number of carbonyl (C=O) groups excluding carboxylic acids is 1. The maximum absolute atomic E-state index is 12.5. The van der Waals surface area contributed by atoms with Crippen LogP contribution in [0.25, 0.3) is 0 Å². The Labute approximate surface area is 135 Å². The number of hydrogen-bond donors (Lipinski definition) is 1. The first kappa shape index (κ1) is 16.5. The second-order valence-electron chi connectivity index (χ2n) is 4.89. The highest BCUT2D eigenvalue weighted by Gasteiger charge is 2.19. The third-order valence-electron chi connectivity index (χ3n) is 3.23. The summed E-state index contributed by atoms with van der Waals surface area (Å²) in [7, 11) is -2.10. The van der Waals surface area contributed by atoms with Gasteiger partial charge in [0.2, 0.25) is 10.0 Å². The predicted molar refractivity (Wildman–Crippen MR) is 88.8 cm³/mol. The zero-order chi connectivity index (χ0) is 17.0. The minimum atomic E-state index is -3.49. The molecule has 0 aliphatic carbocycles. The highest BCUT2D eigenvalue weighted by Crippen LogP contribution is 2.22. The number of sulfonamides is 1. The van der Waals surface area contributed by atoms with Crippen LogP contribution in [0.4, 0.5) is 11.4 Å². The SMILES string of the molecule is CN(c1ccccc1C(=O)Nc1cccc(C#N)c1)S(C)(=O)=O. The molecule has 0 atom stereocenters. The van der Waals surface area contributed by atoms with Gasteiger partial charge >= 0.3 is 0 Å². The van der Waals surface area contributed by atoms with Gasteiger partial charge in [-0.25, -0.2) is 8.42 Å². The van der Waals surface area contributed by atoms with Crippen LogP contribution in [0.1, 0.15) is 15.9 Å². The number of amides is 1. The number of hydrogen-bond acceptors (Lipinski definition) is 4. The number of para-hydroxylation sites is 1. The van der Waals surface area contributed by atoms with Crippen molar-refractivity contribution in [1.29, 1.82) is 5.26 Å². The van der Waals surface area contributed by atoms with E-state index in [9.17, 15) is 13.2 Å². The van der Waals surface area contributed by atoms with E-state index in [0.717, 1.165) is 10.6 Å². The molecule has 1 amide bonds. The van der Waals surface area contributed by atoms with Gasteiger partial charge in [-0.15, -0.1) is 0 Å². The molecular weight excluding hydrogens is 314 g/mol. The molecule has 0 aromatic heterocycles. The van der Waals surface area contributed by atoms with E-state index in [-0.39, 0.29) is 11.3 Å². The van der Waals surface area contributed by atoms with E-state index in [1.54, 1.807) is 48.5 Å². The van der Waals surface area contributed by atoms with Crippen molar-refractivity contribution in [3.05, 3.63) is 59.7 Å². The molecule has 0 saturated heterocycles. The van der Waals surface area contributed by atoms with Crippen molar-refractivity contribution in [3.8, 4) is 6.07 Å². The van der Waals surface area contributed by atoms with Crippen LogP contribution in [0.5, 0.6) is 0 Å². The summed E-state index contributed by atoms with van der Waals surface area (Å²) in [6.07, 6.45) is 1.07. The minimum Gasteiger partial charge on any atom is -0.322 e. The standard InChI is InChI=1S/C16H15N3O3S/c1-19(23(2,21)22)15-9-4-3-8-14(15)16(20)18-13-7-5-6-12(10-13)11-17/h3-10H,1-2H3,(H,18,20). The van der Waals surface area contributed by atoms with Crippen molar-refractivity contribution in [1.82, 2.24) is 0 Å². The van der Waals surface area contributed by atoms with Gasteiger partial charge in [0, 0.05) is 12.7 Å². The normalized spacial score (nSPS) is 10.7. The zero-order valence-corrected chi connectivity index (χ0v) is 13.5. The molecule has 0 saturated carbocycles. The van der Waals surface area contributed by atoms with Crippen LogP contribution in [0.3, 0.4) is 0 Å². The van der Waals surface area contributed by atoms with E-state index in [4.69, 9.17) is 5.26 Å². The third kappa shape index (κ3) is 3.87. The molecule has 0 bridgehead atoms. The van der Waals surface area contributed by atoms with Crippen molar-refractivity contribution in [2.24, 2.45) is 0 Å². The van der Waals surface area contributed by atoms with Crippen molar-refractivity contribution in [3.63, 3.8) is 0 Å². The summed E-state index contributed by atoms with van der Waals surface area (Å²) in [5.74, 6) is -0.453. The van der Waals surface area contributed by atoms with Crippen LogP contribution >= 0.6 is 0 Å². The van der Waals surface area contributed by atoms with E-state index >= 15 is 0 Å². The average molecular weight is 329 g/mol. The third-order valence-corrected chi connectivity index (χ3v) is 4.43. The Morgan fingerprint density at radius 2 is 1.87 bits per heavy atom. The molecule has 0 aliphatic heterocycles. The maximum atomic E-state index is 12.5. The van der Waals surface area contributed by atoms with Crippen LogP contribution in [-0.2, 0) is 10.0 Å². The summed E-state index contributed by atoms with van der Waals surface area (Å²) < 4.78 is 24.5. The van der Waals surface area contributed by atoms with Gasteiger partial charge in [0.1, 0.15) is 0 Å². The van der Waals surface area contributed by atoms with Gasteiger partial charge < -0.3 is 5.32 Å². The predicted octanol–water partition coefficient (Wildman–Crippen LogP) is 2.21. The fourth-order valence-corrected chi connectivity index (χ4v) is 2.50. The zero-order valence-electron chi connectivity index (χ0n) is 12.6. The van der Waals surface area contributed by atoms with Crippen molar-refractivity contribution >= 4 is 27.3 Å². The lowest BCUT2D eigenvalue weighted by Crippen LogP contribution is -2.27. The molecule has 0 heterocycles. The molecule has 2 rings (SSSR count). The largest absolute Gasteiger partial charge is 0.322 e. The molecule has 23 heavy (non-hydrogen) atoms. The van der Waals surface area contributed by atoms with E-state index in [2.05, 4.69) is 5.32 Å². The molecule has 6 nitrogen and oxygen atoms in total. The van der Waals surface area contributed by atoms with E-state index in [1.807, 2.05) is 6.07 Å². The molecule has 1 N–H and O–H groups in total. The highest BCUT2D eigenvalue weighted by atomic mass is 32.2. The monoisotopic (exact) mass is 329 g/mol. The molecule has 0 fully saturated rings. The van der Waals surface area contributed by atoms with Crippen LogP contribution < -0.4 is 9.62 Å². The van der Waals surface area contributed by atoms with Crippen LogP contribution in [-0.4, -0.2) is 27.6 Å². The van der Waals surface area contributed by atoms with Gasteiger partial charge in [0.05, 0.1) is 29.1 Å². The molecule has 2 aromatic carbocycles. The number of nitrogens with one attached hydrogen (secondary N) is 1. The van der Waals surface area contributed by atoms with E-state index in [0.29, 0.717) is 11.3 Å². The van der Waals surface area contributed by atoms with Gasteiger partial charge in [-0.1, -0.05) is 18.2 Å². The number of anilines is 2. The number of nitriles is 1.